The van der Waals surface area contributed by atoms with Crippen LogP contribution in [0, 0.1) is 23.8 Å². The van der Waals surface area contributed by atoms with E-state index in [0.29, 0.717) is 13.6 Å². The highest BCUT2D eigenvalue weighted by molar-refractivity contribution is 14.1. The summed E-state index contributed by atoms with van der Waals surface area (Å²) < 4.78 is 1.09. The van der Waals surface area contributed by atoms with Crippen molar-refractivity contribution >= 4 is 61.8 Å². The number of aromatic hydroxyl groups is 1. The number of rotatable bonds is 5. The van der Waals surface area contributed by atoms with Gasteiger partial charge in [-0.25, -0.2) is 0 Å². The van der Waals surface area contributed by atoms with Gasteiger partial charge in [0, 0.05) is 6.07 Å². The van der Waals surface area contributed by atoms with Crippen molar-refractivity contribution < 1.29 is 15.0 Å². The average molecular weight is 507 g/mol. The summed E-state index contributed by atoms with van der Waals surface area (Å²) >= 11 is 5.14. The van der Waals surface area contributed by atoms with Crippen LogP contribution in [0.2, 0.25) is 0 Å². The quantitative estimate of drug-likeness (QED) is 0.272. The van der Waals surface area contributed by atoms with Crippen molar-refractivity contribution in [2.24, 2.45) is 5.10 Å². The third kappa shape index (κ3) is 4.17. The molecule has 0 fully saturated rings. The standard InChI is InChI=1S/C13H8BrIN4O5/c14-9-3-7(4-10(15)13(9)20)6-16-17-11-2-1-8(18(21)22)5-12(11)19(23)24/h1-6,17,20H/b16-6-. The van der Waals surface area contributed by atoms with Gasteiger partial charge in [-0.3, -0.25) is 25.7 Å². The highest BCUT2D eigenvalue weighted by Crippen LogP contribution is 2.30. The first kappa shape index (κ1) is 18.1. The Balaban J connectivity index is 2.25. The number of nitrogens with zero attached hydrogens (tertiary/aromatic N) is 3. The minimum absolute atomic E-state index is 0.0226. The highest BCUT2D eigenvalue weighted by atomic mass is 127. The summed E-state index contributed by atoms with van der Waals surface area (Å²) in [5.41, 5.74) is 2.31. The number of non-ortho nitro benzene ring substituents is 1. The van der Waals surface area contributed by atoms with E-state index in [0.717, 1.165) is 12.1 Å². The molecule has 0 heterocycles. The van der Waals surface area contributed by atoms with Crippen LogP contribution in [0.3, 0.4) is 0 Å². The number of hydrazone groups is 1. The number of hydrogen-bond acceptors (Lipinski definition) is 7. The molecule has 0 aliphatic carbocycles. The second kappa shape index (κ2) is 7.53. The molecule has 0 saturated heterocycles. The van der Waals surface area contributed by atoms with Crippen molar-refractivity contribution in [1.29, 1.82) is 0 Å². The molecule has 0 spiro atoms. The summed E-state index contributed by atoms with van der Waals surface area (Å²) in [6.45, 7) is 0. The third-order valence-corrected chi connectivity index (χ3v) is 4.25. The van der Waals surface area contributed by atoms with E-state index in [1.54, 1.807) is 12.1 Å². The molecule has 0 aliphatic rings. The van der Waals surface area contributed by atoms with Crippen LogP contribution < -0.4 is 5.43 Å². The van der Waals surface area contributed by atoms with Crippen LogP contribution in [-0.2, 0) is 0 Å². The zero-order valence-electron chi connectivity index (χ0n) is 11.6. The topological polar surface area (TPSA) is 131 Å². The van der Waals surface area contributed by atoms with Gasteiger partial charge in [0.25, 0.3) is 5.69 Å². The number of phenols is 1. The Morgan fingerprint density at radius 3 is 2.50 bits per heavy atom. The molecule has 0 bridgehead atoms. The Morgan fingerprint density at radius 2 is 1.92 bits per heavy atom. The molecule has 0 aromatic heterocycles. The first-order valence-corrected chi connectivity index (χ1v) is 8.06. The number of benzene rings is 2. The van der Waals surface area contributed by atoms with E-state index in [9.17, 15) is 25.3 Å². The van der Waals surface area contributed by atoms with Gasteiger partial charge in [0.1, 0.15) is 11.4 Å². The molecule has 2 N–H and O–H groups in total. The van der Waals surface area contributed by atoms with Crippen LogP contribution in [0.15, 0.2) is 39.9 Å². The lowest BCUT2D eigenvalue weighted by Gasteiger charge is -2.03. The van der Waals surface area contributed by atoms with Crippen molar-refractivity contribution in [2.75, 3.05) is 5.43 Å². The molecule has 11 heteroatoms. The van der Waals surface area contributed by atoms with E-state index in [-0.39, 0.29) is 17.1 Å². The van der Waals surface area contributed by atoms with Crippen LogP contribution >= 0.6 is 38.5 Å². The Kier molecular flexibility index (Phi) is 5.66. The second-order valence-corrected chi connectivity index (χ2v) is 6.44. The predicted octanol–water partition coefficient (Wildman–Crippen LogP) is 4.02. The fraction of sp³-hybridized carbons (Fsp3) is 0. The number of halogens is 2. The minimum Gasteiger partial charge on any atom is -0.506 e. The molecule has 2 aromatic rings. The van der Waals surface area contributed by atoms with Crippen LogP contribution in [0.5, 0.6) is 5.75 Å². The summed E-state index contributed by atoms with van der Waals surface area (Å²) in [7, 11) is 0. The maximum atomic E-state index is 11.0. The van der Waals surface area contributed by atoms with Crippen LogP contribution in [0.1, 0.15) is 5.56 Å². The summed E-state index contributed by atoms with van der Waals surface area (Å²) in [6.07, 6.45) is 1.40. The molecule has 2 rings (SSSR count). The van der Waals surface area contributed by atoms with Crippen LogP contribution in [-0.4, -0.2) is 21.2 Å². The molecule has 0 aliphatic heterocycles. The molecule has 0 radical (unpaired) electrons. The van der Waals surface area contributed by atoms with Gasteiger partial charge in [-0.1, -0.05) is 0 Å². The van der Waals surface area contributed by atoms with Gasteiger partial charge in [0.15, 0.2) is 0 Å². The zero-order valence-corrected chi connectivity index (χ0v) is 15.4. The van der Waals surface area contributed by atoms with Crippen LogP contribution in [0.4, 0.5) is 17.1 Å². The van der Waals surface area contributed by atoms with Gasteiger partial charge >= 0.3 is 5.69 Å². The fourth-order valence-corrected chi connectivity index (χ4v) is 3.21. The van der Waals surface area contributed by atoms with E-state index >= 15 is 0 Å². The Morgan fingerprint density at radius 1 is 1.21 bits per heavy atom. The lowest BCUT2D eigenvalue weighted by atomic mass is 10.2. The van der Waals surface area contributed by atoms with Gasteiger partial charge < -0.3 is 5.11 Å². The molecule has 0 saturated carbocycles. The molecular formula is C13H8BrIN4O5. The molecule has 0 amide bonds. The Labute approximate surface area is 156 Å². The third-order valence-electron chi connectivity index (χ3n) is 2.83. The van der Waals surface area contributed by atoms with Gasteiger partial charge in [-0.05, 0) is 62.3 Å². The SMILES string of the molecule is O=[N+]([O-])c1ccc(N/N=C\c2cc(Br)c(O)c(I)c2)c([N+](=O)[O-])c1. The molecule has 0 unspecified atom stereocenters. The predicted molar refractivity (Wildman–Crippen MR) is 99.5 cm³/mol. The summed E-state index contributed by atoms with van der Waals surface area (Å²) in [4.78, 5) is 20.3. The van der Waals surface area contributed by atoms with Crippen molar-refractivity contribution in [3.05, 3.63) is 64.2 Å². The van der Waals surface area contributed by atoms with Crippen LogP contribution in [0.25, 0.3) is 0 Å². The minimum atomic E-state index is -0.731. The van der Waals surface area contributed by atoms with E-state index in [2.05, 4.69) is 26.5 Å². The van der Waals surface area contributed by atoms with Crippen molar-refractivity contribution in [1.82, 2.24) is 0 Å². The monoisotopic (exact) mass is 506 g/mol. The molecule has 124 valence electrons. The number of phenolic OH excluding ortho intramolecular Hbond substituents is 1. The Bertz CT molecular complexity index is 835. The lowest BCUT2D eigenvalue weighted by molar-refractivity contribution is -0.393. The largest absolute Gasteiger partial charge is 0.506 e. The van der Waals surface area contributed by atoms with Gasteiger partial charge in [0.05, 0.1) is 30.2 Å². The normalized spacial score (nSPS) is 10.8. The number of nitro groups is 2. The first-order chi connectivity index (χ1) is 11.3. The summed E-state index contributed by atoms with van der Waals surface area (Å²) in [5, 5.41) is 35.2. The van der Waals surface area contributed by atoms with E-state index < -0.39 is 15.5 Å². The summed E-state index contributed by atoms with van der Waals surface area (Å²) in [6, 6.07) is 6.50. The highest BCUT2D eigenvalue weighted by Gasteiger charge is 2.19. The van der Waals surface area contributed by atoms with Gasteiger partial charge in [-0.2, -0.15) is 5.10 Å². The van der Waals surface area contributed by atoms with E-state index in [1.807, 2.05) is 22.6 Å². The molecule has 24 heavy (non-hydrogen) atoms. The number of anilines is 1. The maximum Gasteiger partial charge on any atom is 0.301 e. The van der Waals surface area contributed by atoms with Crippen molar-refractivity contribution in [3.63, 3.8) is 0 Å². The lowest BCUT2D eigenvalue weighted by Crippen LogP contribution is -1.98. The average Bonchev–Trinajstić information content (AvgIpc) is 2.52. The first-order valence-electron chi connectivity index (χ1n) is 6.19. The smallest absolute Gasteiger partial charge is 0.301 e. The van der Waals surface area contributed by atoms with Gasteiger partial charge in [0.2, 0.25) is 0 Å². The maximum absolute atomic E-state index is 11.0. The van der Waals surface area contributed by atoms with Crippen molar-refractivity contribution in [3.8, 4) is 5.75 Å². The Hall–Kier alpha value is -2.28. The molecule has 9 nitrogen and oxygen atoms in total. The second-order valence-electron chi connectivity index (χ2n) is 4.42. The molecule has 0 atom stereocenters. The number of hydrogen-bond donors (Lipinski definition) is 2. The van der Waals surface area contributed by atoms with Crippen molar-refractivity contribution in [2.45, 2.75) is 0 Å². The van der Waals surface area contributed by atoms with Gasteiger partial charge in [-0.15, -0.1) is 0 Å². The van der Waals surface area contributed by atoms with E-state index in [1.165, 1.54) is 12.3 Å². The zero-order chi connectivity index (χ0) is 17.9. The fourth-order valence-electron chi connectivity index (χ4n) is 1.72. The summed E-state index contributed by atoms with van der Waals surface area (Å²) in [5.74, 6) is 0.103. The number of nitrogens with one attached hydrogen (secondary N) is 1. The molecular weight excluding hydrogens is 499 g/mol. The van der Waals surface area contributed by atoms with E-state index in [4.69, 9.17) is 0 Å². The molecule has 2 aromatic carbocycles. The number of nitro benzene ring substituents is 2.